The number of amides is 1. The van der Waals surface area contributed by atoms with Gasteiger partial charge in [0.05, 0.1) is 38.2 Å². The van der Waals surface area contributed by atoms with Crippen LogP contribution >= 0.6 is 11.6 Å². The first kappa shape index (κ1) is 17.8. The van der Waals surface area contributed by atoms with Gasteiger partial charge in [0.2, 0.25) is 0 Å². The van der Waals surface area contributed by atoms with Crippen LogP contribution in [-0.2, 0) is 6.54 Å². The Morgan fingerprint density at radius 2 is 2.00 bits per heavy atom. The van der Waals surface area contributed by atoms with Gasteiger partial charge in [0.15, 0.2) is 0 Å². The molecule has 6 nitrogen and oxygen atoms in total. The molecule has 0 spiro atoms. The molecule has 0 aliphatic heterocycles. The van der Waals surface area contributed by atoms with Crippen molar-refractivity contribution < 1.29 is 14.3 Å². The van der Waals surface area contributed by atoms with Crippen molar-refractivity contribution in [1.82, 2.24) is 9.78 Å². The highest BCUT2D eigenvalue weighted by Gasteiger charge is 2.13. The van der Waals surface area contributed by atoms with Gasteiger partial charge >= 0.3 is 0 Å². The van der Waals surface area contributed by atoms with Crippen molar-refractivity contribution in [2.45, 2.75) is 6.54 Å². The van der Waals surface area contributed by atoms with Crippen molar-refractivity contribution in [3.8, 4) is 11.5 Å². The minimum Gasteiger partial charge on any atom is -0.497 e. The molecule has 0 fully saturated rings. The van der Waals surface area contributed by atoms with E-state index in [2.05, 4.69) is 10.4 Å². The standard InChI is InChI=1S/C19H18ClN3O3/c1-25-15-7-8-18(26-2)17(9-15)22-19(24)14-10-21-23(12-14)11-13-5-3-4-6-16(13)20/h3-10,12H,11H2,1-2H3,(H,22,24). The van der Waals surface area contributed by atoms with Crippen molar-refractivity contribution in [2.24, 2.45) is 0 Å². The van der Waals surface area contributed by atoms with Crippen LogP contribution in [0, 0.1) is 0 Å². The van der Waals surface area contributed by atoms with Gasteiger partial charge in [-0.2, -0.15) is 5.10 Å². The molecule has 3 rings (SSSR count). The van der Waals surface area contributed by atoms with E-state index in [1.54, 1.807) is 43.3 Å². The van der Waals surface area contributed by atoms with E-state index < -0.39 is 0 Å². The second-order valence-electron chi connectivity index (χ2n) is 5.54. The van der Waals surface area contributed by atoms with Crippen LogP contribution in [0.3, 0.4) is 0 Å². The van der Waals surface area contributed by atoms with Crippen molar-refractivity contribution in [3.05, 3.63) is 71.0 Å². The van der Waals surface area contributed by atoms with Crippen LogP contribution in [0.15, 0.2) is 54.9 Å². The number of nitrogens with one attached hydrogen (secondary N) is 1. The highest BCUT2D eigenvalue weighted by atomic mass is 35.5. The Morgan fingerprint density at radius 3 is 2.73 bits per heavy atom. The minimum absolute atomic E-state index is 0.290. The van der Waals surface area contributed by atoms with Crippen LogP contribution in [0.1, 0.15) is 15.9 Å². The van der Waals surface area contributed by atoms with E-state index in [0.29, 0.717) is 34.3 Å². The fraction of sp³-hybridized carbons (Fsp3) is 0.158. The summed E-state index contributed by atoms with van der Waals surface area (Å²) in [7, 11) is 3.10. The summed E-state index contributed by atoms with van der Waals surface area (Å²) >= 11 is 6.17. The van der Waals surface area contributed by atoms with Gasteiger partial charge in [0, 0.05) is 17.3 Å². The number of rotatable bonds is 6. The molecule has 134 valence electrons. The maximum atomic E-state index is 12.5. The molecule has 7 heteroatoms. The number of ether oxygens (including phenoxy) is 2. The molecule has 0 saturated heterocycles. The number of anilines is 1. The molecule has 0 atom stereocenters. The molecule has 1 heterocycles. The molecule has 1 aromatic heterocycles. The zero-order chi connectivity index (χ0) is 18.5. The molecule has 1 N–H and O–H groups in total. The van der Waals surface area contributed by atoms with Gasteiger partial charge in [-0.3, -0.25) is 9.48 Å². The molecule has 26 heavy (non-hydrogen) atoms. The number of carbonyl (C=O) groups is 1. The highest BCUT2D eigenvalue weighted by Crippen LogP contribution is 2.29. The first-order valence-electron chi connectivity index (χ1n) is 7.90. The number of hydrogen-bond donors (Lipinski definition) is 1. The summed E-state index contributed by atoms with van der Waals surface area (Å²) in [5, 5.41) is 7.71. The monoisotopic (exact) mass is 371 g/mol. The summed E-state index contributed by atoms with van der Waals surface area (Å²) in [6, 6.07) is 12.7. The lowest BCUT2D eigenvalue weighted by Crippen LogP contribution is -2.12. The second kappa shape index (κ2) is 7.93. The van der Waals surface area contributed by atoms with Crippen LogP contribution in [0.5, 0.6) is 11.5 Å². The maximum absolute atomic E-state index is 12.5. The van der Waals surface area contributed by atoms with Crippen LogP contribution < -0.4 is 14.8 Å². The summed E-state index contributed by atoms with van der Waals surface area (Å²) < 4.78 is 12.1. The van der Waals surface area contributed by atoms with Crippen molar-refractivity contribution in [3.63, 3.8) is 0 Å². The van der Waals surface area contributed by atoms with Gasteiger partial charge < -0.3 is 14.8 Å². The average molecular weight is 372 g/mol. The van der Waals surface area contributed by atoms with Crippen LogP contribution in [-0.4, -0.2) is 29.9 Å². The fourth-order valence-corrected chi connectivity index (χ4v) is 2.67. The normalized spacial score (nSPS) is 10.4. The number of benzene rings is 2. The third-order valence-corrected chi connectivity index (χ3v) is 4.21. The third kappa shape index (κ3) is 3.97. The molecule has 0 saturated carbocycles. The molecule has 1 amide bonds. The number of halogens is 1. The predicted molar refractivity (Wildman–Crippen MR) is 100 cm³/mol. The average Bonchev–Trinajstić information content (AvgIpc) is 3.12. The van der Waals surface area contributed by atoms with E-state index in [1.807, 2.05) is 24.3 Å². The molecule has 0 unspecified atom stereocenters. The number of carbonyl (C=O) groups excluding carboxylic acids is 1. The van der Waals surface area contributed by atoms with Crippen molar-refractivity contribution in [1.29, 1.82) is 0 Å². The Morgan fingerprint density at radius 1 is 1.19 bits per heavy atom. The summed E-state index contributed by atoms with van der Waals surface area (Å²) in [5.74, 6) is 0.875. The Labute approximate surface area is 156 Å². The van der Waals surface area contributed by atoms with E-state index in [0.717, 1.165) is 5.56 Å². The second-order valence-corrected chi connectivity index (χ2v) is 5.95. The molecule has 0 bridgehead atoms. The van der Waals surface area contributed by atoms with Crippen LogP contribution in [0.4, 0.5) is 5.69 Å². The van der Waals surface area contributed by atoms with Gasteiger partial charge in [-0.1, -0.05) is 29.8 Å². The van der Waals surface area contributed by atoms with Crippen molar-refractivity contribution >= 4 is 23.2 Å². The Balaban J connectivity index is 1.75. The zero-order valence-electron chi connectivity index (χ0n) is 14.4. The van der Waals surface area contributed by atoms with E-state index >= 15 is 0 Å². The minimum atomic E-state index is -0.290. The molecular weight excluding hydrogens is 354 g/mol. The van der Waals surface area contributed by atoms with E-state index in [1.165, 1.54) is 6.20 Å². The number of methoxy groups -OCH3 is 2. The summed E-state index contributed by atoms with van der Waals surface area (Å²) in [4.78, 5) is 12.5. The number of nitrogens with zero attached hydrogens (tertiary/aromatic N) is 2. The van der Waals surface area contributed by atoms with Gasteiger partial charge in [0.25, 0.3) is 5.91 Å². The lowest BCUT2D eigenvalue weighted by Gasteiger charge is -2.11. The molecule has 0 radical (unpaired) electrons. The fourth-order valence-electron chi connectivity index (χ4n) is 2.47. The first-order chi connectivity index (χ1) is 12.6. The number of hydrogen-bond acceptors (Lipinski definition) is 4. The predicted octanol–water partition coefficient (Wildman–Crippen LogP) is 3.85. The van der Waals surface area contributed by atoms with Crippen LogP contribution in [0.2, 0.25) is 5.02 Å². The Kier molecular flexibility index (Phi) is 5.43. The van der Waals surface area contributed by atoms with Crippen LogP contribution in [0.25, 0.3) is 0 Å². The summed E-state index contributed by atoms with van der Waals surface area (Å²) in [6.45, 7) is 0.482. The quantitative estimate of drug-likeness (QED) is 0.714. The number of aromatic nitrogens is 2. The SMILES string of the molecule is COc1ccc(OC)c(NC(=O)c2cnn(Cc3ccccc3Cl)c2)c1. The molecule has 3 aromatic rings. The lowest BCUT2D eigenvalue weighted by atomic mass is 10.2. The molecule has 0 aliphatic rings. The highest BCUT2D eigenvalue weighted by molar-refractivity contribution is 6.31. The van der Waals surface area contributed by atoms with Gasteiger partial charge in [-0.25, -0.2) is 0 Å². The Bertz CT molecular complexity index is 924. The van der Waals surface area contributed by atoms with Gasteiger partial charge in [-0.15, -0.1) is 0 Å². The summed E-state index contributed by atoms with van der Waals surface area (Å²) in [5.41, 5.74) is 1.89. The topological polar surface area (TPSA) is 65.4 Å². The van der Waals surface area contributed by atoms with Crippen molar-refractivity contribution in [2.75, 3.05) is 19.5 Å². The van der Waals surface area contributed by atoms with Gasteiger partial charge in [-0.05, 0) is 23.8 Å². The Hall–Kier alpha value is -2.99. The molecule has 2 aromatic carbocycles. The summed E-state index contributed by atoms with van der Waals surface area (Å²) in [6.07, 6.45) is 3.18. The van der Waals surface area contributed by atoms with E-state index in [-0.39, 0.29) is 5.91 Å². The third-order valence-electron chi connectivity index (χ3n) is 3.84. The van der Waals surface area contributed by atoms with E-state index in [4.69, 9.17) is 21.1 Å². The molecule has 0 aliphatic carbocycles. The molecular formula is C19H18ClN3O3. The first-order valence-corrected chi connectivity index (χ1v) is 8.27. The maximum Gasteiger partial charge on any atom is 0.258 e. The largest absolute Gasteiger partial charge is 0.497 e. The lowest BCUT2D eigenvalue weighted by molar-refractivity contribution is 0.102. The van der Waals surface area contributed by atoms with Gasteiger partial charge in [0.1, 0.15) is 11.5 Å². The zero-order valence-corrected chi connectivity index (χ0v) is 15.2. The van der Waals surface area contributed by atoms with E-state index in [9.17, 15) is 4.79 Å². The smallest absolute Gasteiger partial charge is 0.258 e.